The molecule has 0 radical (unpaired) electrons. The van der Waals surface area contributed by atoms with Crippen LogP contribution < -0.4 is 10.1 Å². The van der Waals surface area contributed by atoms with Crippen LogP contribution in [0.2, 0.25) is 0 Å². The molecule has 1 atom stereocenters. The van der Waals surface area contributed by atoms with Gasteiger partial charge in [0, 0.05) is 6.54 Å². The van der Waals surface area contributed by atoms with Gasteiger partial charge in [-0.3, -0.25) is 10.1 Å². The van der Waals surface area contributed by atoms with Gasteiger partial charge in [0.2, 0.25) is 11.0 Å². The third-order valence-corrected chi connectivity index (χ3v) is 5.61. The monoisotopic (exact) mass is 450 g/mol. The first kappa shape index (κ1) is 22.2. The number of thioether (sulfide) groups is 1. The Hall–Kier alpha value is -2.53. The van der Waals surface area contributed by atoms with E-state index in [1.165, 1.54) is 35.2 Å². The van der Waals surface area contributed by atoms with E-state index in [0.29, 0.717) is 34.3 Å². The molecule has 1 amide bonds. The number of hydrogen-bond donors (Lipinski definition) is 1. The van der Waals surface area contributed by atoms with Crippen LogP contribution in [0.5, 0.6) is 5.75 Å². The summed E-state index contributed by atoms with van der Waals surface area (Å²) in [6.45, 7) is 8.55. The van der Waals surface area contributed by atoms with Gasteiger partial charge in [-0.1, -0.05) is 36.9 Å². The summed E-state index contributed by atoms with van der Waals surface area (Å²) in [5.41, 5.74) is 0. The summed E-state index contributed by atoms with van der Waals surface area (Å²) < 4.78 is 21.0. The molecule has 1 aromatic carbocycles. The van der Waals surface area contributed by atoms with Gasteiger partial charge >= 0.3 is 0 Å². The number of nitrogens with one attached hydrogen (secondary N) is 1. The number of carbonyl (C=O) groups is 1. The van der Waals surface area contributed by atoms with E-state index in [2.05, 4.69) is 39.6 Å². The SMILES string of the molecule is Cc1nnc(NC(=O)CSc2nnc(C(C)Oc3ccc(F)cc3)n2CC(C)C)s1. The second-order valence-corrected chi connectivity index (χ2v) is 9.15. The number of nitrogens with zero attached hydrogens (tertiary/aromatic N) is 5. The highest BCUT2D eigenvalue weighted by Gasteiger charge is 2.21. The van der Waals surface area contributed by atoms with Crippen LogP contribution in [0, 0.1) is 18.7 Å². The molecule has 0 saturated heterocycles. The van der Waals surface area contributed by atoms with Crippen LogP contribution in [0.15, 0.2) is 29.4 Å². The smallest absolute Gasteiger partial charge is 0.236 e. The molecule has 30 heavy (non-hydrogen) atoms. The second-order valence-electron chi connectivity index (χ2n) is 7.02. The minimum absolute atomic E-state index is 0.169. The number of carbonyl (C=O) groups excluding carboxylic acids is 1. The Labute approximate surface area is 182 Å². The van der Waals surface area contributed by atoms with E-state index in [1.54, 1.807) is 12.1 Å². The van der Waals surface area contributed by atoms with E-state index in [-0.39, 0.29) is 17.5 Å². The van der Waals surface area contributed by atoms with Gasteiger partial charge in [0.15, 0.2) is 17.1 Å². The molecule has 0 saturated carbocycles. The highest BCUT2D eigenvalue weighted by atomic mass is 32.2. The first-order valence-corrected chi connectivity index (χ1v) is 11.2. The van der Waals surface area contributed by atoms with Crippen molar-refractivity contribution in [1.29, 1.82) is 0 Å². The maximum absolute atomic E-state index is 13.1. The predicted molar refractivity (Wildman–Crippen MR) is 114 cm³/mol. The molecule has 160 valence electrons. The number of halogens is 1. The number of hydrogen-bond acceptors (Lipinski definition) is 8. The quantitative estimate of drug-likeness (QED) is 0.490. The van der Waals surface area contributed by atoms with E-state index in [0.717, 1.165) is 5.01 Å². The minimum atomic E-state index is -0.394. The maximum Gasteiger partial charge on any atom is 0.236 e. The highest BCUT2D eigenvalue weighted by Crippen LogP contribution is 2.26. The number of benzene rings is 1. The molecular weight excluding hydrogens is 427 g/mol. The number of ether oxygens (including phenoxy) is 1. The molecule has 2 heterocycles. The van der Waals surface area contributed by atoms with Gasteiger partial charge < -0.3 is 9.30 Å². The summed E-state index contributed by atoms with van der Waals surface area (Å²) in [5, 5.41) is 21.0. The third kappa shape index (κ3) is 5.99. The number of aromatic nitrogens is 5. The molecule has 0 spiro atoms. The van der Waals surface area contributed by atoms with Crippen molar-refractivity contribution in [2.24, 2.45) is 5.92 Å². The molecule has 0 fully saturated rings. The van der Waals surface area contributed by atoms with Crippen LogP contribution in [-0.2, 0) is 11.3 Å². The lowest BCUT2D eigenvalue weighted by Crippen LogP contribution is -2.17. The van der Waals surface area contributed by atoms with Gasteiger partial charge in [0.05, 0.1) is 5.75 Å². The molecule has 0 aliphatic rings. The molecular formula is C19H23FN6O2S2. The Morgan fingerprint density at radius 2 is 1.93 bits per heavy atom. The van der Waals surface area contributed by atoms with Gasteiger partial charge in [-0.05, 0) is 44.0 Å². The van der Waals surface area contributed by atoms with Crippen molar-refractivity contribution in [3.8, 4) is 5.75 Å². The molecule has 0 aliphatic carbocycles. The van der Waals surface area contributed by atoms with Crippen molar-refractivity contribution < 1.29 is 13.9 Å². The molecule has 1 N–H and O–H groups in total. The number of rotatable bonds is 9. The van der Waals surface area contributed by atoms with Crippen LogP contribution in [0.3, 0.4) is 0 Å². The zero-order valence-corrected chi connectivity index (χ0v) is 18.8. The standard InChI is InChI=1S/C19H23FN6O2S2/c1-11(2)9-26-17(12(3)28-15-7-5-14(20)6-8-15)23-25-19(26)29-10-16(27)21-18-24-22-13(4)30-18/h5-8,11-12H,9-10H2,1-4H3,(H,21,24,27). The van der Waals surface area contributed by atoms with Crippen molar-refractivity contribution >= 4 is 34.1 Å². The number of aryl methyl sites for hydroxylation is 1. The zero-order valence-electron chi connectivity index (χ0n) is 17.1. The number of anilines is 1. The largest absolute Gasteiger partial charge is 0.483 e. The van der Waals surface area contributed by atoms with Crippen LogP contribution >= 0.6 is 23.1 Å². The molecule has 3 rings (SSSR count). The second kappa shape index (κ2) is 9.98. The van der Waals surface area contributed by atoms with Crippen molar-refractivity contribution in [3.05, 3.63) is 40.9 Å². The molecule has 2 aromatic heterocycles. The topological polar surface area (TPSA) is 94.8 Å². The normalized spacial score (nSPS) is 12.2. The Morgan fingerprint density at radius 1 is 1.20 bits per heavy atom. The zero-order chi connectivity index (χ0) is 21.7. The molecule has 11 heteroatoms. The number of amides is 1. The first-order chi connectivity index (χ1) is 14.3. The lowest BCUT2D eigenvalue weighted by molar-refractivity contribution is -0.113. The molecule has 0 aliphatic heterocycles. The summed E-state index contributed by atoms with van der Waals surface area (Å²) in [5.74, 6) is 1.20. The van der Waals surface area contributed by atoms with Crippen molar-refractivity contribution in [2.45, 2.75) is 45.5 Å². The average Bonchev–Trinajstić information content (AvgIpc) is 3.27. The Balaban J connectivity index is 1.69. The predicted octanol–water partition coefficient (Wildman–Crippen LogP) is 4.10. The fourth-order valence-corrected chi connectivity index (χ4v) is 4.01. The minimum Gasteiger partial charge on any atom is -0.483 e. The first-order valence-electron chi connectivity index (χ1n) is 9.40. The van der Waals surface area contributed by atoms with E-state index in [9.17, 15) is 9.18 Å². The molecule has 1 unspecified atom stereocenters. The summed E-state index contributed by atoms with van der Waals surface area (Å²) in [6.07, 6.45) is -0.394. The summed E-state index contributed by atoms with van der Waals surface area (Å²) in [7, 11) is 0. The molecule has 8 nitrogen and oxygen atoms in total. The van der Waals surface area contributed by atoms with Gasteiger partial charge in [-0.15, -0.1) is 20.4 Å². The van der Waals surface area contributed by atoms with Crippen LogP contribution in [-0.4, -0.2) is 36.6 Å². The summed E-state index contributed by atoms with van der Waals surface area (Å²) >= 11 is 2.62. The van der Waals surface area contributed by atoms with Crippen molar-refractivity contribution in [1.82, 2.24) is 25.0 Å². The molecule has 0 bridgehead atoms. The van der Waals surface area contributed by atoms with Gasteiger partial charge in [-0.2, -0.15) is 0 Å². The van der Waals surface area contributed by atoms with Crippen LogP contribution in [0.1, 0.15) is 37.7 Å². The fourth-order valence-electron chi connectivity index (χ4n) is 2.65. The highest BCUT2D eigenvalue weighted by molar-refractivity contribution is 7.99. The van der Waals surface area contributed by atoms with Gasteiger partial charge in [0.1, 0.15) is 16.6 Å². The van der Waals surface area contributed by atoms with Gasteiger partial charge in [-0.25, -0.2) is 4.39 Å². The van der Waals surface area contributed by atoms with E-state index in [1.807, 2.05) is 18.4 Å². The third-order valence-electron chi connectivity index (χ3n) is 3.89. The lowest BCUT2D eigenvalue weighted by Gasteiger charge is -2.17. The Kier molecular flexibility index (Phi) is 7.38. The maximum atomic E-state index is 13.1. The van der Waals surface area contributed by atoms with Crippen LogP contribution in [0.25, 0.3) is 0 Å². The average molecular weight is 451 g/mol. The van der Waals surface area contributed by atoms with E-state index < -0.39 is 6.10 Å². The van der Waals surface area contributed by atoms with Crippen molar-refractivity contribution in [3.63, 3.8) is 0 Å². The summed E-state index contributed by atoms with van der Waals surface area (Å²) in [4.78, 5) is 12.2. The van der Waals surface area contributed by atoms with Crippen LogP contribution in [0.4, 0.5) is 9.52 Å². The van der Waals surface area contributed by atoms with E-state index in [4.69, 9.17) is 4.74 Å². The Morgan fingerprint density at radius 3 is 2.57 bits per heavy atom. The lowest BCUT2D eigenvalue weighted by atomic mass is 10.2. The Bertz CT molecular complexity index is 989. The fraction of sp³-hybridized carbons (Fsp3) is 0.421. The molecule has 3 aromatic rings. The van der Waals surface area contributed by atoms with Gasteiger partial charge in [0.25, 0.3) is 0 Å². The van der Waals surface area contributed by atoms with E-state index >= 15 is 0 Å². The van der Waals surface area contributed by atoms with Crippen molar-refractivity contribution in [2.75, 3.05) is 11.1 Å². The summed E-state index contributed by atoms with van der Waals surface area (Å²) in [6, 6.07) is 5.84.